The van der Waals surface area contributed by atoms with E-state index in [1.807, 2.05) is 6.07 Å². The molecule has 0 atom stereocenters. The molecule has 0 spiro atoms. The summed E-state index contributed by atoms with van der Waals surface area (Å²) in [5, 5.41) is 11.7. The predicted octanol–water partition coefficient (Wildman–Crippen LogP) is 3.78. The molecule has 0 aliphatic carbocycles. The van der Waals surface area contributed by atoms with Crippen LogP contribution < -0.4 is 5.32 Å². The number of hydrogen-bond acceptors (Lipinski definition) is 3. The van der Waals surface area contributed by atoms with Gasteiger partial charge in [0.25, 0.3) is 0 Å². The van der Waals surface area contributed by atoms with E-state index in [-0.39, 0.29) is 11.4 Å². The molecule has 0 unspecified atom stereocenters. The largest absolute Gasteiger partial charge is 0.481 e. The number of aliphatic carboxylic acids is 1. The number of benzene rings is 1. The van der Waals surface area contributed by atoms with Crippen molar-refractivity contribution >= 4 is 34.6 Å². The van der Waals surface area contributed by atoms with Crippen molar-refractivity contribution in [3.63, 3.8) is 0 Å². The monoisotopic (exact) mass is 299 g/mol. The molecule has 0 amide bonds. The lowest BCUT2D eigenvalue weighted by atomic mass is 10.3. The van der Waals surface area contributed by atoms with E-state index >= 15 is 0 Å². The maximum absolute atomic E-state index is 13.6. The van der Waals surface area contributed by atoms with Crippen LogP contribution in [0.1, 0.15) is 9.75 Å². The molecule has 0 radical (unpaired) electrons. The Labute approximate surface area is 118 Å². The van der Waals surface area contributed by atoms with Crippen LogP contribution in [-0.4, -0.2) is 11.1 Å². The van der Waals surface area contributed by atoms with Crippen molar-refractivity contribution < 1.29 is 14.3 Å². The predicted molar refractivity (Wildman–Crippen MR) is 74.4 cm³/mol. The van der Waals surface area contributed by atoms with Crippen molar-refractivity contribution in [2.45, 2.75) is 13.0 Å². The number of halogens is 2. The number of rotatable bonds is 5. The maximum atomic E-state index is 13.6. The summed E-state index contributed by atoms with van der Waals surface area (Å²) in [5.74, 6) is -1.34. The Balaban J connectivity index is 2.00. The van der Waals surface area contributed by atoms with Gasteiger partial charge in [-0.2, -0.15) is 0 Å². The molecule has 2 N–H and O–H groups in total. The first-order valence-corrected chi connectivity index (χ1v) is 6.73. The number of carboxylic acid groups (broad SMARTS) is 1. The smallest absolute Gasteiger partial charge is 0.308 e. The molecule has 2 rings (SSSR count). The van der Waals surface area contributed by atoms with Crippen molar-refractivity contribution in [2.75, 3.05) is 5.32 Å². The summed E-state index contributed by atoms with van der Waals surface area (Å²) in [6, 6.07) is 8.35. The molecular weight excluding hydrogens is 289 g/mol. The van der Waals surface area contributed by atoms with E-state index in [0.717, 1.165) is 9.75 Å². The fourth-order valence-corrected chi connectivity index (χ4v) is 2.71. The molecule has 0 aliphatic rings. The lowest BCUT2D eigenvalue weighted by Crippen LogP contribution is -2.00. The van der Waals surface area contributed by atoms with Crippen LogP contribution in [0.5, 0.6) is 0 Å². The van der Waals surface area contributed by atoms with Gasteiger partial charge in [-0.3, -0.25) is 4.79 Å². The van der Waals surface area contributed by atoms with Crippen molar-refractivity contribution in [2.24, 2.45) is 0 Å². The maximum Gasteiger partial charge on any atom is 0.308 e. The van der Waals surface area contributed by atoms with Crippen LogP contribution in [0.2, 0.25) is 5.02 Å². The zero-order chi connectivity index (χ0) is 13.8. The number of anilines is 1. The molecule has 0 fully saturated rings. The number of nitrogens with one attached hydrogen (secondary N) is 1. The molecule has 0 saturated heterocycles. The highest BCUT2D eigenvalue weighted by atomic mass is 35.5. The van der Waals surface area contributed by atoms with Gasteiger partial charge in [-0.25, -0.2) is 4.39 Å². The second kappa shape index (κ2) is 6.04. The van der Waals surface area contributed by atoms with E-state index in [1.54, 1.807) is 18.2 Å². The summed E-state index contributed by atoms with van der Waals surface area (Å²) < 4.78 is 13.6. The van der Waals surface area contributed by atoms with Gasteiger partial charge in [0.15, 0.2) is 5.82 Å². The van der Waals surface area contributed by atoms with Crippen LogP contribution in [0.4, 0.5) is 10.1 Å². The third-order valence-corrected chi connectivity index (χ3v) is 3.82. The SMILES string of the molecule is O=C(O)Cc1ccc(CNc2cccc(Cl)c2F)s1. The molecule has 100 valence electrons. The molecule has 0 aliphatic heterocycles. The molecule has 1 aromatic heterocycles. The number of carbonyl (C=O) groups is 1. The lowest BCUT2D eigenvalue weighted by molar-refractivity contribution is -0.136. The second-order valence-electron chi connectivity index (χ2n) is 3.89. The molecule has 2 aromatic rings. The fourth-order valence-electron chi connectivity index (χ4n) is 1.58. The van der Waals surface area contributed by atoms with Crippen molar-refractivity contribution in [3.8, 4) is 0 Å². The molecule has 19 heavy (non-hydrogen) atoms. The third-order valence-electron chi connectivity index (χ3n) is 2.45. The van der Waals surface area contributed by atoms with Crippen LogP contribution in [0.15, 0.2) is 30.3 Å². The zero-order valence-corrected chi connectivity index (χ0v) is 11.4. The molecule has 1 heterocycles. The Morgan fingerprint density at radius 2 is 2.05 bits per heavy atom. The molecule has 1 aromatic carbocycles. The van der Waals surface area contributed by atoms with E-state index in [9.17, 15) is 9.18 Å². The first-order chi connectivity index (χ1) is 9.06. The first kappa shape index (κ1) is 13.8. The van der Waals surface area contributed by atoms with Gasteiger partial charge in [0.05, 0.1) is 17.1 Å². The van der Waals surface area contributed by atoms with Crippen molar-refractivity contribution in [3.05, 3.63) is 50.9 Å². The minimum Gasteiger partial charge on any atom is -0.481 e. The van der Waals surface area contributed by atoms with Gasteiger partial charge < -0.3 is 10.4 Å². The van der Waals surface area contributed by atoms with Gasteiger partial charge in [0.2, 0.25) is 0 Å². The van der Waals surface area contributed by atoms with Crippen LogP contribution >= 0.6 is 22.9 Å². The highest BCUT2D eigenvalue weighted by Crippen LogP contribution is 2.24. The van der Waals surface area contributed by atoms with Crippen molar-refractivity contribution in [1.82, 2.24) is 0 Å². The van der Waals surface area contributed by atoms with Crippen LogP contribution in [0.3, 0.4) is 0 Å². The zero-order valence-electron chi connectivity index (χ0n) is 9.82. The van der Waals surface area contributed by atoms with Gasteiger partial charge in [-0.15, -0.1) is 11.3 Å². The van der Waals surface area contributed by atoms with E-state index in [2.05, 4.69) is 5.32 Å². The third kappa shape index (κ3) is 3.68. The van der Waals surface area contributed by atoms with Gasteiger partial charge >= 0.3 is 5.97 Å². The number of carboxylic acids is 1. The summed E-state index contributed by atoms with van der Waals surface area (Å²) in [6.45, 7) is 0.432. The quantitative estimate of drug-likeness (QED) is 0.883. The Hall–Kier alpha value is -1.59. The molecular formula is C13H11ClFNO2S. The average Bonchev–Trinajstić information content (AvgIpc) is 2.78. The van der Waals surface area contributed by atoms with Gasteiger partial charge in [0, 0.05) is 16.3 Å². The Morgan fingerprint density at radius 3 is 2.79 bits per heavy atom. The number of hydrogen-bond donors (Lipinski definition) is 2. The average molecular weight is 300 g/mol. The Kier molecular flexibility index (Phi) is 4.39. The number of thiophene rings is 1. The van der Waals surface area contributed by atoms with Gasteiger partial charge in [-0.05, 0) is 24.3 Å². The summed E-state index contributed by atoms with van der Waals surface area (Å²) in [4.78, 5) is 12.3. The Morgan fingerprint density at radius 1 is 1.32 bits per heavy atom. The van der Waals surface area contributed by atoms with E-state index < -0.39 is 11.8 Å². The minimum atomic E-state index is -0.859. The van der Waals surface area contributed by atoms with E-state index in [1.165, 1.54) is 17.4 Å². The van der Waals surface area contributed by atoms with E-state index in [4.69, 9.17) is 16.7 Å². The topological polar surface area (TPSA) is 49.3 Å². The lowest BCUT2D eigenvalue weighted by Gasteiger charge is -2.06. The standard InChI is InChI=1S/C13H11ClFNO2S/c14-10-2-1-3-11(13(10)15)16-7-9-5-4-8(19-9)6-12(17)18/h1-5,16H,6-7H2,(H,17,18). The first-order valence-electron chi connectivity index (χ1n) is 5.53. The van der Waals surface area contributed by atoms with Crippen LogP contribution in [0, 0.1) is 5.82 Å². The second-order valence-corrected chi connectivity index (χ2v) is 5.55. The highest BCUT2D eigenvalue weighted by Gasteiger charge is 2.07. The summed E-state index contributed by atoms with van der Waals surface area (Å²) in [7, 11) is 0. The van der Waals surface area contributed by atoms with Crippen molar-refractivity contribution in [1.29, 1.82) is 0 Å². The Bertz CT molecular complexity index is 600. The molecule has 0 saturated carbocycles. The van der Waals surface area contributed by atoms with Gasteiger partial charge in [0.1, 0.15) is 0 Å². The van der Waals surface area contributed by atoms with Gasteiger partial charge in [-0.1, -0.05) is 17.7 Å². The normalized spacial score (nSPS) is 10.4. The summed E-state index contributed by atoms with van der Waals surface area (Å²) in [6.07, 6.45) is 0.0101. The van der Waals surface area contributed by atoms with E-state index in [0.29, 0.717) is 12.2 Å². The van der Waals surface area contributed by atoms with Crippen LogP contribution in [-0.2, 0) is 17.8 Å². The highest BCUT2D eigenvalue weighted by molar-refractivity contribution is 7.12. The summed E-state index contributed by atoms with van der Waals surface area (Å²) in [5.41, 5.74) is 0.334. The van der Waals surface area contributed by atoms with Crippen LogP contribution in [0.25, 0.3) is 0 Å². The molecule has 6 heteroatoms. The fraction of sp³-hybridized carbons (Fsp3) is 0.154. The minimum absolute atomic E-state index is 0.0101. The molecule has 3 nitrogen and oxygen atoms in total. The summed E-state index contributed by atoms with van der Waals surface area (Å²) >= 11 is 7.07. The molecule has 0 bridgehead atoms.